The Balaban J connectivity index is 2.07. The smallest absolute Gasteiger partial charge is 0.262 e. The number of ether oxygens (including phenoxy) is 1. The van der Waals surface area contributed by atoms with E-state index in [0.717, 1.165) is 0 Å². The first-order chi connectivity index (χ1) is 12.3. The van der Waals surface area contributed by atoms with Crippen LogP contribution in [0.4, 0.5) is 5.69 Å². The summed E-state index contributed by atoms with van der Waals surface area (Å²) in [6, 6.07) is 11.0. The summed E-state index contributed by atoms with van der Waals surface area (Å²) in [5.41, 5.74) is 1.26. The highest BCUT2D eigenvalue weighted by Crippen LogP contribution is 2.25. The van der Waals surface area contributed by atoms with Crippen molar-refractivity contribution in [3.63, 3.8) is 0 Å². The number of aryl methyl sites for hydroxylation is 1. The number of rotatable bonds is 6. The third kappa shape index (κ3) is 4.73. The molecule has 0 aliphatic heterocycles. The molecule has 9 heteroatoms. The zero-order valence-corrected chi connectivity index (χ0v) is 15.6. The van der Waals surface area contributed by atoms with Crippen molar-refractivity contribution in [2.24, 2.45) is 0 Å². The lowest BCUT2D eigenvalue weighted by Gasteiger charge is -2.11. The summed E-state index contributed by atoms with van der Waals surface area (Å²) < 4.78 is 31.5. The minimum absolute atomic E-state index is 0.0776. The molecule has 7 nitrogen and oxygen atoms in total. The van der Waals surface area contributed by atoms with Crippen molar-refractivity contribution in [3.05, 3.63) is 52.5 Å². The topological polar surface area (TPSA) is 108 Å². The molecule has 26 heavy (non-hydrogen) atoms. The third-order valence-electron chi connectivity index (χ3n) is 3.45. The summed E-state index contributed by atoms with van der Waals surface area (Å²) in [4.78, 5) is 12.1. The first kappa shape index (κ1) is 19.7. The third-order valence-corrected chi connectivity index (χ3v) is 5.30. The average molecular weight is 394 g/mol. The normalized spacial score (nSPS) is 10.8. The fourth-order valence-corrected chi connectivity index (χ4v) is 3.33. The van der Waals surface area contributed by atoms with Gasteiger partial charge in [-0.1, -0.05) is 17.7 Å². The van der Waals surface area contributed by atoms with Crippen LogP contribution in [0.1, 0.15) is 11.1 Å². The number of sulfonamides is 1. The number of hydrogen-bond acceptors (Lipinski definition) is 5. The summed E-state index contributed by atoms with van der Waals surface area (Å²) in [6.07, 6.45) is 0. The lowest BCUT2D eigenvalue weighted by molar-refractivity contribution is -0.118. The second-order valence-corrected chi connectivity index (χ2v) is 7.54. The Morgan fingerprint density at radius 2 is 2.00 bits per heavy atom. The van der Waals surface area contributed by atoms with Crippen molar-refractivity contribution in [1.82, 2.24) is 4.72 Å². The number of nitrogens with zero attached hydrogens (tertiary/aromatic N) is 1. The Morgan fingerprint density at radius 3 is 2.62 bits per heavy atom. The van der Waals surface area contributed by atoms with Gasteiger partial charge in [0.2, 0.25) is 10.0 Å². The molecule has 0 atom stereocenters. The largest absolute Gasteiger partial charge is 0.482 e. The van der Waals surface area contributed by atoms with Gasteiger partial charge in [-0.05, 0) is 49.9 Å². The molecule has 1 amide bonds. The summed E-state index contributed by atoms with van der Waals surface area (Å²) in [7, 11) is -2.32. The molecule has 2 aromatic carbocycles. The fourth-order valence-electron chi connectivity index (χ4n) is 2.11. The number of hydrogen-bond donors (Lipinski definition) is 2. The first-order valence-corrected chi connectivity index (χ1v) is 9.29. The van der Waals surface area contributed by atoms with Crippen molar-refractivity contribution >= 4 is 33.2 Å². The van der Waals surface area contributed by atoms with Crippen LogP contribution in [0, 0.1) is 18.3 Å². The van der Waals surface area contributed by atoms with Crippen LogP contribution < -0.4 is 14.8 Å². The van der Waals surface area contributed by atoms with E-state index in [9.17, 15) is 13.2 Å². The standard InChI is InChI=1S/C17H16ClN3O4S/c1-11-3-5-13(8-16(11)26(23,24)20-2)21-17(22)10-25-15-6-4-12(9-19)7-14(15)18/h3-8,20H,10H2,1-2H3,(H,21,22). The molecule has 2 aromatic rings. The van der Waals surface area contributed by atoms with Crippen molar-refractivity contribution in [3.8, 4) is 11.8 Å². The Morgan fingerprint density at radius 1 is 1.27 bits per heavy atom. The molecule has 0 spiro atoms. The van der Waals surface area contributed by atoms with Crippen molar-refractivity contribution in [2.75, 3.05) is 19.0 Å². The molecule has 0 saturated heterocycles. The van der Waals surface area contributed by atoms with E-state index in [-0.39, 0.29) is 22.3 Å². The maximum Gasteiger partial charge on any atom is 0.262 e. The highest BCUT2D eigenvalue weighted by atomic mass is 35.5. The van der Waals surface area contributed by atoms with Gasteiger partial charge in [-0.3, -0.25) is 4.79 Å². The molecule has 0 heterocycles. The summed E-state index contributed by atoms with van der Waals surface area (Å²) in [6.45, 7) is 1.33. The lowest BCUT2D eigenvalue weighted by atomic mass is 10.2. The molecule has 0 radical (unpaired) electrons. The minimum Gasteiger partial charge on any atom is -0.482 e. The van der Waals surface area contributed by atoms with E-state index in [0.29, 0.717) is 16.8 Å². The van der Waals surface area contributed by atoms with E-state index < -0.39 is 15.9 Å². The highest BCUT2D eigenvalue weighted by Gasteiger charge is 2.16. The second kappa shape index (κ2) is 8.19. The summed E-state index contributed by atoms with van der Waals surface area (Å²) in [5, 5.41) is 11.6. The molecule has 0 unspecified atom stereocenters. The van der Waals surface area contributed by atoms with Gasteiger partial charge in [0.15, 0.2) is 6.61 Å². The van der Waals surface area contributed by atoms with Crippen LogP contribution >= 0.6 is 11.6 Å². The van der Waals surface area contributed by atoms with Crippen LogP contribution in [0.5, 0.6) is 5.75 Å². The number of amides is 1. The van der Waals surface area contributed by atoms with Crippen LogP contribution in [0.25, 0.3) is 0 Å². The number of carbonyl (C=O) groups is 1. The van der Waals surface area contributed by atoms with Crippen LogP contribution in [0.15, 0.2) is 41.3 Å². The quantitative estimate of drug-likeness (QED) is 0.783. The van der Waals surface area contributed by atoms with Crippen molar-refractivity contribution in [2.45, 2.75) is 11.8 Å². The Bertz CT molecular complexity index is 984. The number of benzene rings is 2. The van der Waals surface area contributed by atoms with Gasteiger partial charge in [0.05, 0.1) is 21.6 Å². The number of nitrogens with one attached hydrogen (secondary N) is 2. The van der Waals surface area contributed by atoms with Crippen LogP contribution in [-0.4, -0.2) is 28.0 Å². The van der Waals surface area contributed by atoms with Gasteiger partial charge in [-0.2, -0.15) is 5.26 Å². The zero-order chi connectivity index (χ0) is 19.3. The van der Waals surface area contributed by atoms with Gasteiger partial charge in [0.1, 0.15) is 5.75 Å². The SMILES string of the molecule is CNS(=O)(=O)c1cc(NC(=O)COc2ccc(C#N)cc2Cl)ccc1C. The van der Waals surface area contributed by atoms with Gasteiger partial charge < -0.3 is 10.1 Å². The molecular weight excluding hydrogens is 378 g/mol. The lowest BCUT2D eigenvalue weighted by Crippen LogP contribution is -2.22. The first-order valence-electron chi connectivity index (χ1n) is 7.43. The van der Waals surface area contributed by atoms with E-state index in [4.69, 9.17) is 21.6 Å². The molecule has 0 aliphatic carbocycles. The number of carbonyl (C=O) groups excluding carboxylic acids is 1. The van der Waals surface area contributed by atoms with E-state index in [1.165, 1.54) is 31.3 Å². The molecule has 136 valence electrons. The Kier molecular flexibility index (Phi) is 6.21. The highest BCUT2D eigenvalue weighted by molar-refractivity contribution is 7.89. The molecule has 0 aliphatic rings. The maximum atomic E-state index is 12.0. The molecule has 0 bridgehead atoms. The Hall–Kier alpha value is -2.60. The molecule has 0 fully saturated rings. The number of nitriles is 1. The monoisotopic (exact) mass is 393 g/mol. The van der Waals surface area contributed by atoms with Crippen LogP contribution in [0.2, 0.25) is 5.02 Å². The van der Waals surface area contributed by atoms with Gasteiger partial charge in [-0.15, -0.1) is 0 Å². The van der Waals surface area contributed by atoms with Crippen molar-refractivity contribution < 1.29 is 17.9 Å². The molecule has 0 aromatic heterocycles. The van der Waals surface area contributed by atoms with E-state index in [1.807, 2.05) is 6.07 Å². The van der Waals surface area contributed by atoms with E-state index in [2.05, 4.69) is 10.0 Å². The van der Waals surface area contributed by atoms with Gasteiger partial charge in [-0.25, -0.2) is 13.1 Å². The van der Waals surface area contributed by atoms with Crippen LogP contribution in [-0.2, 0) is 14.8 Å². The van der Waals surface area contributed by atoms with Gasteiger partial charge in [0.25, 0.3) is 5.91 Å². The number of anilines is 1. The number of halogens is 1. The molecule has 0 saturated carbocycles. The maximum absolute atomic E-state index is 12.0. The van der Waals surface area contributed by atoms with E-state index >= 15 is 0 Å². The summed E-state index contributed by atoms with van der Waals surface area (Å²) >= 11 is 5.97. The van der Waals surface area contributed by atoms with Gasteiger partial charge >= 0.3 is 0 Å². The van der Waals surface area contributed by atoms with Gasteiger partial charge in [0, 0.05) is 5.69 Å². The molecule has 2 N–H and O–H groups in total. The predicted molar refractivity (Wildman–Crippen MR) is 97.7 cm³/mol. The minimum atomic E-state index is -3.63. The summed E-state index contributed by atoms with van der Waals surface area (Å²) in [5.74, 6) is -0.217. The second-order valence-electron chi connectivity index (χ2n) is 5.28. The average Bonchev–Trinajstić information content (AvgIpc) is 2.62. The predicted octanol–water partition coefficient (Wildman–Crippen LogP) is 2.45. The van der Waals surface area contributed by atoms with E-state index in [1.54, 1.807) is 19.1 Å². The zero-order valence-electron chi connectivity index (χ0n) is 14.0. The van der Waals surface area contributed by atoms with Crippen LogP contribution in [0.3, 0.4) is 0 Å². The molecular formula is C17H16ClN3O4S. The molecule has 2 rings (SSSR count). The van der Waals surface area contributed by atoms with Crippen molar-refractivity contribution in [1.29, 1.82) is 5.26 Å². The Labute approximate surface area is 156 Å². The fraction of sp³-hybridized carbons (Fsp3) is 0.176.